The number of aliphatic carboxylic acids is 1. The van der Waals surface area contributed by atoms with Gasteiger partial charge in [-0.2, -0.15) is 0 Å². The summed E-state index contributed by atoms with van der Waals surface area (Å²) in [5, 5.41) is 14.1. The van der Waals surface area contributed by atoms with Gasteiger partial charge in [-0.1, -0.05) is 0 Å². The van der Waals surface area contributed by atoms with Crippen LogP contribution in [-0.2, 0) is 4.79 Å². The van der Waals surface area contributed by atoms with Gasteiger partial charge in [0, 0.05) is 12.1 Å². The molecule has 0 fully saturated rings. The quantitative estimate of drug-likeness (QED) is 0.739. The minimum absolute atomic E-state index is 0.198. The zero-order valence-electron chi connectivity index (χ0n) is 9.67. The van der Waals surface area contributed by atoms with Crippen LogP contribution in [0.4, 0.5) is 17.5 Å². The number of aryl methyl sites for hydroxylation is 1. The molecule has 0 amide bonds. The van der Waals surface area contributed by atoms with Crippen LogP contribution < -0.4 is 10.6 Å². The van der Waals surface area contributed by atoms with E-state index >= 15 is 0 Å². The molecule has 7 heteroatoms. The van der Waals surface area contributed by atoms with Crippen molar-refractivity contribution in [2.75, 3.05) is 17.2 Å². The molecule has 2 aromatic rings. The molecule has 0 aliphatic carbocycles. The number of furan rings is 1. The third-order valence-corrected chi connectivity index (χ3v) is 2.08. The van der Waals surface area contributed by atoms with Gasteiger partial charge in [0.1, 0.15) is 30.3 Å². The molecule has 3 N–H and O–H groups in total. The lowest BCUT2D eigenvalue weighted by Crippen LogP contribution is -2.13. The summed E-state index contributed by atoms with van der Waals surface area (Å²) in [4.78, 5) is 18.3. The summed E-state index contributed by atoms with van der Waals surface area (Å²) in [6.07, 6.45) is 1.34. The van der Waals surface area contributed by atoms with Crippen molar-refractivity contribution in [1.82, 2.24) is 9.97 Å². The van der Waals surface area contributed by atoms with E-state index in [4.69, 9.17) is 9.52 Å². The molecule has 2 heterocycles. The zero-order valence-corrected chi connectivity index (χ0v) is 9.67. The van der Waals surface area contributed by atoms with E-state index in [0.717, 1.165) is 5.76 Å². The predicted molar refractivity (Wildman–Crippen MR) is 64.9 cm³/mol. The Morgan fingerprint density at radius 2 is 2.17 bits per heavy atom. The van der Waals surface area contributed by atoms with E-state index in [0.29, 0.717) is 17.5 Å². The molecule has 0 aliphatic rings. The number of aromatic nitrogens is 2. The van der Waals surface area contributed by atoms with Crippen molar-refractivity contribution in [3.63, 3.8) is 0 Å². The second-order valence-electron chi connectivity index (χ2n) is 3.57. The number of carbonyl (C=O) groups is 1. The van der Waals surface area contributed by atoms with Gasteiger partial charge in [-0.15, -0.1) is 0 Å². The van der Waals surface area contributed by atoms with Crippen molar-refractivity contribution < 1.29 is 14.3 Å². The molecule has 0 spiro atoms. The van der Waals surface area contributed by atoms with E-state index in [1.807, 2.05) is 13.0 Å². The van der Waals surface area contributed by atoms with E-state index in [2.05, 4.69) is 20.6 Å². The molecule has 0 atom stereocenters. The van der Waals surface area contributed by atoms with Crippen molar-refractivity contribution in [3.05, 3.63) is 30.3 Å². The zero-order chi connectivity index (χ0) is 13.0. The summed E-state index contributed by atoms with van der Waals surface area (Å²) in [6.45, 7) is 1.64. The Labute approximate surface area is 103 Å². The molecule has 18 heavy (non-hydrogen) atoms. The van der Waals surface area contributed by atoms with Gasteiger partial charge in [0.15, 0.2) is 5.88 Å². The number of carboxylic acids is 1. The Kier molecular flexibility index (Phi) is 3.42. The maximum atomic E-state index is 10.4. The predicted octanol–water partition coefficient (Wildman–Crippen LogP) is 1.62. The lowest BCUT2D eigenvalue weighted by atomic mass is 10.5. The highest BCUT2D eigenvalue weighted by atomic mass is 16.4. The molecule has 0 saturated carbocycles. The van der Waals surface area contributed by atoms with Crippen molar-refractivity contribution in [3.8, 4) is 0 Å². The van der Waals surface area contributed by atoms with Gasteiger partial charge in [-0.25, -0.2) is 9.97 Å². The van der Waals surface area contributed by atoms with Crippen LogP contribution >= 0.6 is 0 Å². The van der Waals surface area contributed by atoms with Gasteiger partial charge in [0.2, 0.25) is 0 Å². The second-order valence-corrected chi connectivity index (χ2v) is 3.57. The molecule has 2 rings (SSSR count). The Morgan fingerprint density at radius 3 is 2.83 bits per heavy atom. The normalized spacial score (nSPS) is 10.1. The molecule has 2 aromatic heterocycles. The van der Waals surface area contributed by atoms with Gasteiger partial charge in [-0.3, -0.25) is 4.79 Å². The van der Waals surface area contributed by atoms with Gasteiger partial charge in [-0.05, 0) is 13.0 Å². The number of anilines is 3. The standard InChI is InChI=1S/C11H12N4O3/c1-7-2-3-10(18-7)15-9-4-8(13-6-14-9)12-5-11(16)17/h2-4,6H,5H2,1H3,(H,16,17)(H2,12,13,14,15). The fourth-order valence-corrected chi connectivity index (χ4v) is 1.32. The summed E-state index contributed by atoms with van der Waals surface area (Å²) in [5.41, 5.74) is 0. The number of carboxylic acid groups (broad SMARTS) is 1. The third kappa shape index (κ3) is 3.21. The van der Waals surface area contributed by atoms with Crippen LogP contribution in [0.3, 0.4) is 0 Å². The van der Waals surface area contributed by atoms with Crippen molar-refractivity contribution >= 4 is 23.5 Å². The smallest absolute Gasteiger partial charge is 0.322 e. The molecule has 0 radical (unpaired) electrons. The Balaban J connectivity index is 2.05. The highest BCUT2D eigenvalue weighted by Gasteiger charge is 2.03. The Hall–Kier alpha value is -2.57. The molecule has 94 valence electrons. The molecule has 0 unspecified atom stereocenters. The maximum absolute atomic E-state index is 10.4. The summed E-state index contributed by atoms with van der Waals surface area (Å²) in [6, 6.07) is 5.20. The molecule has 7 nitrogen and oxygen atoms in total. The SMILES string of the molecule is Cc1ccc(Nc2cc(NCC(=O)O)ncn2)o1. The number of hydrogen-bond donors (Lipinski definition) is 3. The summed E-state index contributed by atoms with van der Waals surface area (Å²) in [7, 11) is 0. The van der Waals surface area contributed by atoms with Crippen LogP contribution in [0, 0.1) is 6.92 Å². The highest BCUT2D eigenvalue weighted by Crippen LogP contribution is 2.18. The fraction of sp³-hybridized carbons (Fsp3) is 0.182. The van der Waals surface area contributed by atoms with E-state index in [9.17, 15) is 4.79 Å². The molecule has 0 bridgehead atoms. The second kappa shape index (κ2) is 5.17. The average molecular weight is 248 g/mol. The minimum atomic E-state index is -0.954. The maximum Gasteiger partial charge on any atom is 0.322 e. The first kappa shape index (κ1) is 11.9. The van der Waals surface area contributed by atoms with Crippen LogP contribution in [0.25, 0.3) is 0 Å². The summed E-state index contributed by atoms with van der Waals surface area (Å²) < 4.78 is 5.34. The fourth-order valence-electron chi connectivity index (χ4n) is 1.32. The Morgan fingerprint density at radius 1 is 1.39 bits per heavy atom. The van der Waals surface area contributed by atoms with Crippen LogP contribution in [-0.4, -0.2) is 27.6 Å². The Bertz CT molecular complexity index is 553. The molecule has 0 saturated heterocycles. The minimum Gasteiger partial charge on any atom is -0.480 e. The lowest BCUT2D eigenvalue weighted by Gasteiger charge is -2.05. The first-order valence-electron chi connectivity index (χ1n) is 5.24. The van der Waals surface area contributed by atoms with E-state index in [1.165, 1.54) is 6.33 Å². The van der Waals surface area contributed by atoms with Crippen LogP contribution in [0.2, 0.25) is 0 Å². The van der Waals surface area contributed by atoms with Crippen LogP contribution in [0.1, 0.15) is 5.76 Å². The number of hydrogen-bond acceptors (Lipinski definition) is 6. The van der Waals surface area contributed by atoms with Crippen LogP contribution in [0.5, 0.6) is 0 Å². The highest BCUT2D eigenvalue weighted by molar-refractivity contribution is 5.72. The third-order valence-electron chi connectivity index (χ3n) is 2.08. The first-order valence-corrected chi connectivity index (χ1v) is 5.24. The van der Waals surface area contributed by atoms with Crippen molar-refractivity contribution in [2.24, 2.45) is 0 Å². The van der Waals surface area contributed by atoms with E-state index < -0.39 is 5.97 Å². The molecular weight excluding hydrogens is 236 g/mol. The summed E-state index contributed by atoms with van der Waals surface area (Å²) >= 11 is 0. The van der Waals surface area contributed by atoms with Crippen molar-refractivity contribution in [2.45, 2.75) is 6.92 Å². The summed E-state index contributed by atoms with van der Waals surface area (Å²) in [5.74, 6) is 1.35. The molecule has 0 aromatic carbocycles. The van der Waals surface area contributed by atoms with Crippen LogP contribution in [0.15, 0.2) is 28.9 Å². The number of nitrogens with one attached hydrogen (secondary N) is 2. The van der Waals surface area contributed by atoms with Gasteiger partial charge in [0.25, 0.3) is 0 Å². The number of rotatable bonds is 5. The first-order chi connectivity index (χ1) is 8.63. The number of nitrogens with zero attached hydrogens (tertiary/aromatic N) is 2. The topological polar surface area (TPSA) is 100 Å². The molecular formula is C11H12N4O3. The monoisotopic (exact) mass is 248 g/mol. The average Bonchev–Trinajstić information content (AvgIpc) is 2.73. The van der Waals surface area contributed by atoms with Gasteiger partial charge < -0.3 is 20.2 Å². The largest absolute Gasteiger partial charge is 0.480 e. The molecule has 0 aliphatic heterocycles. The van der Waals surface area contributed by atoms with Gasteiger partial charge in [0.05, 0.1) is 0 Å². The van der Waals surface area contributed by atoms with Gasteiger partial charge >= 0.3 is 5.97 Å². The van der Waals surface area contributed by atoms with E-state index in [1.54, 1.807) is 12.1 Å². The lowest BCUT2D eigenvalue weighted by molar-refractivity contribution is -0.134. The van der Waals surface area contributed by atoms with Crippen molar-refractivity contribution in [1.29, 1.82) is 0 Å². The van der Waals surface area contributed by atoms with E-state index in [-0.39, 0.29) is 6.54 Å².